The highest BCUT2D eigenvalue weighted by Gasteiger charge is 2.25. The molecule has 1 fully saturated rings. The number of hydrogen-bond acceptors (Lipinski definition) is 7. The first-order valence-corrected chi connectivity index (χ1v) is 8.93. The third-order valence-electron chi connectivity index (χ3n) is 3.85. The van der Waals surface area contributed by atoms with Gasteiger partial charge in [-0.3, -0.25) is 9.89 Å². The van der Waals surface area contributed by atoms with E-state index in [4.69, 9.17) is 16.7 Å². The van der Waals surface area contributed by atoms with Crippen molar-refractivity contribution in [3.8, 4) is 10.7 Å². The van der Waals surface area contributed by atoms with Gasteiger partial charge in [-0.15, -0.1) is 11.3 Å². The van der Waals surface area contributed by atoms with Crippen molar-refractivity contribution in [2.24, 2.45) is 0 Å². The molecule has 3 N–H and O–H groups in total. The maximum Gasteiger partial charge on any atom is 0.378 e. The Kier molecular flexibility index (Phi) is 4.17. The van der Waals surface area contributed by atoms with Crippen molar-refractivity contribution >= 4 is 46.3 Å². The zero-order valence-electron chi connectivity index (χ0n) is 13.2. The van der Waals surface area contributed by atoms with Crippen molar-refractivity contribution in [2.45, 2.75) is 18.8 Å². The molecule has 3 aromatic rings. The van der Waals surface area contributed by atoms with E-state index in [1.54, 1.807) is 6.07 Å². The molecule has 1 aliphatic rings. The van der Waals surface area contributed by atoms with Crippen LogP contribution in [0.5, 0.6) is 0 Å². The number of H-pyrrole nitrogens is 1. The lowest BCUT2D eigenvalue weighted by Gasteiger charge is -2.05. The van der Waals surface area contributed by atoms with E-state index >= 15 is 0 Å². The number of halogens is 1. The minimum Gasteiger partial charge on any atom is -0.475 e. The fourth-order valence-corrected chi connectivity index (χ4v) is 3.40. The number of ketones is 1. The Labute approximate surface area is 156 Å². The summed E-state index contributed by atoms with van der Waals surface area (Å²) in [5.74, 6) is -0.591. The zero-order valence-corrected chi connectivity index (χ0v) is 14.8. The van der Waals surface area contributed by atoms with Crippen LogP contribution < -0.4 is 5.32 Å². The van der Waals surface area contributed by atoms with E-state index in [0.717, 1.165) is 29.9 Å². The number of carbonyl (C=O) groups is 2. The number of carbonyl (C=O) groups excluding carboxylic acids is 1. The summed E-state index contributed by atoms with van der Waals surface area (Å²) in [5, 5.41) is 19.4. The van der Waals surface area contributed by atoms with E-state index in [1.165, 1.54) is 12.3 Å². The number of aliphatic carboxylic acids is 1. The van der Waals surface area contributed by atoms with Crippen LogP contribution in [-0.2, 0) is 4.79 Å². The molecule has 0 aliphatic heterocycles. The van der Waals surface area contributed by atoms with E-state index in [2.05, 4.69) is 25.5 Å². The fraction of sp³-hybridized carbons (Fsp3) is 0.188. The SMILES string of the molecule is O=C(O)C(=O)c1ccc(-c2ncc(Cl)c(Nc3cc(C4CC4)[nH]n3)n2)s1. The number of rotatable bonds is 6. The summed E-state index contributed by atoms with van der Waals surface area (Å²) in [6, 6.07) is 4.97. The molecule has 132 valence electrons. The van der Waals surface area contributed by atoms with Gasteiger partial charge in [0.05, 0.1) is 16.0 Å². The zero-order chi connectivity index (χ0) is 18.3. The molecule has 8 nitrogen and oxygen atoms in total. The normalized spacial score (nSPS) is 13.6. The average Bonchev–Trinajstić information content (AvgIpc) is 3.17. The molecular formula is C16H12ClN5O3S. The molecule has 1 aliphatic carbocycles. The predicted octanol–water partition coefficient (Wildman–Crippen LogP) is 3.47. The first-order chi connectivity index (χ1) is 12.5. The number of carboxylic acid groups (broad SMARTS) is 1. The van der Waals surface area contributed by atoms with Gasteiger partial charge in [0, 0.05) is 17.7 Å². The van der Waals surface area contributed by atoms with Crippen LogP contribution in [0, 0.1) is 0 Å². The molecule has 0 amide bonds. The summed E-state index contributed by atoms with van der Waals surface area (Å²) in [4.78, 5) is 31.5. The van der Waals surface area contributed by atoms with Gasteiger partial charge >= 0.3 is 5.97 Å². The maximum absolute atomic E-state index is 11.5. The van der Waals surface area contributed by atoms with E-state index in [0.29, 0.717) is 33.3 Å². The van der Waals surface area contributed by atoms with Crippen LogP contribution in [0.4, 0.5) is 11.6 Å². The lowest BCUT2D eigenvalue weighted by atomic mass is 10.3. The van der Waals surface area contributed by atoms with Gasteiger partial charge in [0.1, 0.15) is 5.02 Å². The lowest BCUT2D eigenvalue weighted by molar-refractivity contribution is -0.131. The van der Waals surface area contributed by atoms with Crippen LogP contribution in [0.1, 0.15) is 34.1 Å². The van der Waals surface area contributed by atoms with Crippen LogP contribution in [0.3, 0.4) is 0 Å². The largest absolute Gasteiger partial charge is 0.475 e. The standard InChI is InChI=1S/C16H12ClN5O3S/c17-8-6-18-15(11-4-3-10(26-11)13(23)16(24)25)20-14(8)19-12-5-9(21-22-12)7-1-2-7/h3-7H,1-2H2,(H,24,25)(H2,18,19,20,21,22). The number of aromatic nitrogens is 4. The highest BCUT2D eigenvalue weighted by molar-refractivity contribution is 7.18. The summed E-state index contributed by atoms with van der Waals surface area (Å²) >= 11 is 7.17. The van der Waals surface area contributed by atoms with Gasteiger partial charge in [-0.2, -0.15) is 5.10 Å². The second kappa shape index (κ2) is 6.50. The maximum atomic E-state index is 11.5. The molecule has 3 aromatic heterocycles. The number of carboxylic acids is 1. The molecule has 10 heteroatoms. The molecular weight excluding hydrogens is 378 g/mol. The van der Waals surface area contributed by atoms with Gasteiger partial charge in [-0.1, -0.05) is 11.6 Å². The molecule has 0 aromatic carbocycles. The van der Waals surface area contributed by atoms with Gasteiger partial charge in [0.2, 0.25) is 0 Å². The topological polar surface area (TPSA) is 121 Å². The highest BCUT2D eigenvalue weighted by atomic mass is 35.5. The minimum absolute atomic E-state index is 0.113. The quantitative estimate of drug-likeness (QED) is 0.436. The molecule has 0 bridgehead atoms. The summed E-state index contributed by atoms with van der Waals surface area (Å²) in [6.07, 6.45) is 3.77. The number of thiophene rings is 1. The number of Topliss-reactive ketones (excluding diaryl/α,β-unsaturated/α-hetero) is 1. The number of nitrogens with zero attached hydrogens (tertiary/aromatic N) is 3. The summed E-state index contributed by atoms with van der Waals surface area (Å²) in [7, 11) is 0. The van der Waals surface area contributed by atoms with E-state index in [1.807, 2.05) is 6.07 Å². The van der Waals surface area contributed by atoms with Crippen molar-refractivity contribution in [2.75, 3.05) is 5.32 Å². The molecule has 0 spiro atoms. The lowest BCUT2D eigenvalue weighted by Crippen LogP contribution is -2.10. The molecule has 26 heavy (non-hydrogen) atoms. The summed E-state index contributed by atoms with van der Waals surface area (Å²) in [5.41, 5.74) is 1.08. The van der Waals surface area contributed by atoms with Crippen LogP contribution >= 0.6 is 22.9 Å². The predicted molar refractivity (Wildman–Crippen MR) is 96.2 cm³/mol. The summed E-state index contributed by atoms with van der Waals surface area (Å²) < 4.78 is 0. The third kappa shape index (κ3) is 3.31. The Bertz CT molecular complexity index is 1010. The third-order valence-corrected chi connectivity index (χ3v) is 5.21. The second-order valence-electron chi connectivity index (χ2n) is 5.80. The Morgan fingerprint density at radius 2 is 2.15 bits per heavy atom. The number of hydrogen-bond donors (Lipinski definition) is 3. The minimum atomic E-state index is -1.50. The van der Waals surface area contributed by atoms with Crippen LogP contribution in [-0.4, -0.2) is 37.0 Å². The van der Waals surface area contributed by atoms with E-state index < -0.39 is 11.8 Å². The van der Waals surface area contributed by atoms with Crippen molar-refractivity contribution in [1.29, 1.82) is 0 Å². The Balaban J connectivity index is 1.59. The average molecular weight is 390 g/mol. The number of aromatic amines is 1. The van der Waals surface area contributed by atoms with Crippen molar-refractivity contribution in [3.05, 3.63) is 40.0 Å². The smallest absolute Gasteiger partial charge is 0.378 e. The number of anilines is 2. The van der Waals surface area contributed by atoms with Crippen molar-refractivity contribution in [3.63, 3.8) is 0 Å². The first kappa shape index (κ1) is 16.7. The van der Waals surface area contributed by atoms with Gasteiger partial charge in [0.15, 0.2) is 17.5 Å². The molecule has 0 saturated heterocycles. The molecule has 1 saturated carbocycles. The van der Waals surface area contributed by atoms with E-state index in [-0.39, 0.29) is 4.88 Å². The second-order valence-corrected chi connectivity index (χ2v) is 7.29. The Morgan fingerprint density at radius 3 is 2.88 bits per heavy atom. The van der Waals surface area contributed by atoms with Crippen LogP contribution in [0.2, 0.25) is 5.02 Å². The van der Waals surface area contributed by atoms with Crippen molar-refractivity contribution in [1.82, 2.24) is 20.2 Å². The van der Waals surface area contributed by atoms with Crippen molar-refractivity contribution < 1.29 is 14.7 Å². The van der Waals surface area contributed by atoms with Gasteiger partial charge in [-0.25, -0.2) is 14.8 Å². The number of nitrogens with one attached hydrogen (secondary N) is 2. The van der Waals surface area contributed by atoms with E-state index in [9.17, 15) is 9.59 Å². The molecule has 0 radical (unpaired) electrons. The highest BCUT2D eigenvalue weighted by Crippen LogP contribution is 2.40. The van der Waals surface area contributed by atoms with Gasteiger partial charge in [0.25, 0.3) is 5.78 Å². The molecule has 0 atom stereocenters. The van der Waals surface area contributed by atoms with Crippen LogP contribution in [0.25, 0.3) is 10.7 Å². The molecule has 3 heterocycles. The van der Waals surface area contributed by atoms with Gasteiger partial charge < -0.3 is 10.4 Å². The first-order valence-electron chi connectivity index (χ1n) is 7.74. The molecule has 4 rings (SSSR count). The summed E-state index contributed by atoms with van der Waals surface area (Å²) in [6.45, 7) is 0. The van der Waals surface area contributed by atoms with Crippen LogP contribution in [0.15, 0.2) is 24.4 Å². The van der Waals surface area contributed by atoms with Gasteiger partial charge in [-0.05, 0) is 25.0 Å². The Hall–Kier alpha value is -2.78. The Morgan fingerprint density at radius 1 is 1.35 bits per heavy atom. The molecule has 0 unspecified atom stereocenters. The fourth-order valence-electron chi connectivity index (χ4n) is 2.38. The monoisotopic (exact) mass is 389 g/mol.